The maximum atomic E-state index is 12.5. The molecule has 0 saturated heterocycles. The van der Waals surface area contributed by atoms with E-state index in [0.717, 1.165) is 10.1 Å². The van der Waals surface area contributed by atoms with Crippen molar-refractivity contribution in [1.82, 2.24) is 20.2 Å². The van der Waals surface area contributed by atoms with Crippen molar-refractivity contribution in [3.05, 3.63) is 61.8 Å². The number of nitrogens with zero attached hydrogens (tertiary/aromatic N) is 2. The van der Waals surface area contributed by atoms with E-state index in [0.29, 0.717) is 25.9 Å². The van der Waals surface area contributed by atoms with Crippen LogP contribution >= 0.6 is 34.3 Å². The Hall–Kier alpha value is -2.75. The molecule has 4 aromatic rings. The molecule has 0 radical (unpaired) electrons. The molecule has 148 valence electrons. The number of hydrogen-bond acceptors (Lipinski definition) is 6. The molecule has 0 aliphatic rings. The highest BCUT2D eigenvalue weighted by atomic mass is 35.5. The second-order valence-electron chi connectivity index (χ2n) is 6.32. The fourth-order valence-corrected chi connectivity index (χ4v) is 5.00. The van der Waals surface area contributed by atoms with Crippen molar-refractivity contribution in [2.24, 2.45) is 0 Å². The smallest absolute Gasteiger partial charge is 0.268 e. The molecule has 0 bridgehead atoms. The van der Waals surface area contributed by atoms with Gasteiger partial charge in [-0.15, -0.1) is 22.7 Å². The summed E-state index contributed by atoms with van der Waals surface area (Å²) in [5, 5.41) is 5.60. The highest BCUT2D eigenvalue weighted by Gasteiger charge is 2.19. The van der Waals surface area contributed by atoms with Gasteiger partial charge in [-0.25, -0.2) is 4.98 Å². The monoisotopic (exact) mass is 446 g/mol. The molecule has 29 heavy (non-hydrogen) atoms. The Morgan fingerprint density at radius 3 is 2.86 bits per heavy atom. The van der Waals surface area contributed by atoms with Crippen LogP contribution in [0, 0.1) is 0 Å². The normalized spacial score (nSPS) is 11.1. The van der Waals surface area contributed by atoms with Gasteiger partial charge in [-0.3, -0.25) is 14.4 Å². The Balaban J connectivity index is 1.41. The van der Waals surface area contributed by atoms with Crippen molar-refractivity contribution in [2.75, 3.05) is 13.6 Å². The lowest BCUT2D eigenvalue weighted by Crippen LogP contribution is -2.38. The minimum Gasteiger partial charge on any atom is -0.342 e. The number of carbonyl (C=O) groups excluding carboxylic acids is 2. The highest BCUT2D eigenvalue weighted by molar-refractivity contribution is 7.21. The standard InChI is InChI=1S/C19H15ClN4O3S2/c1-24(9-13-22-11-6-7-28-16(11)19(27)23-13)14(25)8-21-18(26)17-15(20)10-4-2-3-5-12(10)29-17/h2-7H,8-9H2,1H3,(H,21,26)(H,22,23,27). The van der Waals surface area contributed by atoms with Gasteiger partial charge >= 0.3 is 0 Å². The van der Waals surface area contributed by atoms with Crippen LogP contribution in [0.5, 0.6) is 0 Å². The maximum absolute atomic E-state index is 12.5. The molecular formula is C19H15ClN4O3S2. The highest BCUT2D eigenvalue weighted by Crippen LogP contribution is 2.34. The number of aromatic amines is 1. The van der Waals surface area contributed by atoms with E-state index in [4.69, 9.17) is 11.6 Å². The van der Waals surface area contributed by atoms with Gasteiger partial charge in [0.2, 0.25) is 5.91 Å². The fourth-order valence-electron chi connectivity index (χ4n) is 2.84. The molecule has 0 aliphatic heterocycles. The molecule has 0 atom stereocenters. The number of amides is 2. The van der Waals surface area contributed by atoms with E-state index in [1.807, 2.05) is 24.3 Å². The Bertz CT molecular complexity index is 1290. The van der Waals surface area contributed by atoms with Gasteiger partial charge in [0, 0.05) is 17.1 Å². The Morgan fingerprint density at radius 2 is 2.07 bits per heavy atom. The molecule has 2 N–H and O–H groups in total. The van der Waals surface area contributed by atoms with E-state index in [-0.39, 0.29) is 24.6 Å². The number of likely N-dealkylation sites (N-methyl/N-ethyl adjacent to an activating group) is 1. The second kappa shape index (κ2) is 7.94. The molecule has 10 heteroatoms. The largest absolute Gasteiger partial charge is 0.342 e. The summed E-state index contributed by atoms with van der Waals surface area (Å²) >= 11 is 8.90. The number of thiophene rings is 2. The van der Waals surface area contributed by atoms with E-state index in [9.17, 15) is 14.4 Å². The number of halogens is 1. The first-order valence-electron chi connectivity index (χ1n) is 8.59. The molecule has 3 heterocycles. The van der Waals surface area contributed by atoms with Gasteiger partial charge < -0.3 is 15.2 Å². The van der Waals surface area contributed by atoms with Crippen LogP contribution < -0.4 is 10.9 Å². The van der Waals surface area contributed by atoms with Gasteiger partial charge in [-0.2, -0.15) is 0 Å². The number of benzene rings is 1. The van der Waals surface area contributed by atoms with Gasteiger partial charge in [-0.1, -0.05) is 29.8 Å². The first-order chi connectivity index (χ1) is 13.9. The van der Waals surface area contributed by atoms with Crippen LogP contribution in [-0.4, -0.2) is 40.3 Å². The summed E-state index contributed by atoms with van der Waals surface area (Å²) in [6.45, 7) is -0.0653. The van der Waals surface area contributed by atoms with E-state index >= 15 is 0 Å². The molecule has 0 saturated carbocycles. The summed E-state index contributed by atoms with van der Waals surface area (Å²) in [6, 6.07) is 9.23. The minimum absolute atomic E-state index is 0.124. The third-order valence-corrected chi connectivity index (χ3v) is 6.89. The summed E-state index contributed by atoms with van der Waals surface area (Å²) in [7, 11) is 1.58. The summed E-state index contributed by atoms with van der Waals surface area (Å²) in [5.74, 6) is -0.330. The number of nitrogens with one attached hydrogen (secondary N) is 2. The van der Waals surface area contributed by atoms with Gasteiger partial charge in [0.05, 0.1) is 23.6 Å². The zero-order valence-corrected chi connectivity index (χ0v) is 17.6. The predicted octanol–water partition coefficient (Wildman–Crippen LogP) is 3.24. The Morgan fingerprint density at radius 1 is 1.28 bits per heavy atom. The quantitative estimate of drug-likeness (QED) is 0.492. The molecule has 2 amide bonds. The Kier molecular flexibility index (Phi) is 5.35. The average molecular weight is 447 g/mol. The fraction of sp³-hybridized carbons (Fsp3) is 0.158. The predicted molar refractivity (Wildman–Crippen MR) is 116 cm³/mol. The molecule has 0 unspecified atom stereocenters. The van der Waals surface area contributed by atoms with Crippen molar-refractivity contribution >= 4 is 66.4 Å². The Labute approximate surface area is 177 Å². The van der Waals surface area contributed by atoms with Gasteiger partial charge in [0.25, 0.3) is 11.5 Å². The lowest BCUT2D eigenvalue weighted by atomic mass is 10.2. The van der Waals surface area contributed by atoms with Crippen LogP contribution in [0.25, 0.3) is 20.3 Å². The van der Waals surface area contributed by atoms with Crippen molar-refractivity contribution in [3.8, 4) is 0 Å². The summed E-state index contributed by atoms with van der Waals surface area (Å²) in [5.41, 5.74) is 0.371. The number of rotatable bonds is 5. The molecule has 1 aromatic carbocycles. The van der Waals surface area contributed by atoms with Crippen molar-refractivity contribution in [2.45, 2.75) is 6.54 Å². The molecule has 7 nitrogen and oxygen atoms in total. The number of aromatic nitrogens is 2. The second-order valence-corrected chi connectivity index (χ2v) is 8.67. The van der Waals surface area contributed by atoms with Crippen LogP contribution in [0.4, 0.5) is 0 Å². The van der Waals surface area contributed by atoms with Gasteiger partial charge in [0.15, 0.2) is 0 Å². The van der Waals surface area contributed by atoms with Crippen molar-refractivity contribution in [3.63, 3.8) is 0 Å². The zero-order valence-electron chi connectivity index (χ0n) is 15.2. The van der Waals surface area contributed by atoms with Gasteiger partial charge in [0.1, 0.15) is 15.4 Å². The SMILES string of the molecule is CN(Cc1nc2ccsc2c(=O)[nH]1)C(=O)CNC(=O)c1sc2ccccc2c1Cl. The third-order valence-electron chi connectivity index (χ3n) is 4.32. The van der Waals surface area contributed by atoms with E-state index in [1.54, 1.807) is 18.5 Å². The molecule has 4 rings (SSSR count). The minimum atomic E-state index is -0.399. The zero-order chi connectivity index (χ0) is 20.5. The molecule has 0 fully saturated rings. The van der Waals surface area contributed by atoms with Crippen LogP contribution in [0.3, 0.4) is 0 Å². The van der Waals surface area contributed by atoms with Crippen molar-refractivity contribution in [1.29, 1.82) is 0 Å². The van der Waals surface area contributed by atoms with Crippen molar-refractivity contribution < 1.29 is 9.59 Å². The summed E-state index contributed by atoms with van der Waals surface area (Å²) in [4.78, 5) is 45.7. The van der Waals surface area contributed by atoms with Crippen LogP contribution in [0.2, 0.25) is 5.02 Å². The van der Waals surface area contributed by atoms with E-state index in [2.05, 4.69) is 15.3 Å². The lowest BCUT2D eigenvalue weighted by molar-refractivity contribution is -0.129. The number of fused-ring (bicyclic) bond motifs is 2. The van der Waals surface area contributed by atoms with E-state index in [1.165, 1.54) is 27.6 Å². The molecule has 0 aliphatic carbocycles. The first kappa shape index (κ1) is 19.6. The molecule has 3 aromatic heterocycles. The molecular weight excluding hydrogens is 432 g/mol. The van der Waals surface area contributed by atoms with Crippen LogP contribution in [0.1, 0.15) is 15.5 Å². The van der Waals surface area contributed by atoms with Crippen LogP contribution in [-0.2, 0) is 11.3 Å². The summed E-state index contributed by atoms with van der Waals surface area (Å²) in [6.07, 6.45) is 0. The maximum Gasteiger partial charge on any atom is 0.268 e. The average Bonchev–Trinajstić information content (AvgIpc) is 3.31. The number of carbonyl (C=O) groups is 2. The third kappa shape index (κ3) is 3.89. The summed E-state index contributed by atoms with van der Waals surface area (Å²) < 4.78 is 1.46. The first-order valence-corrected chi connectivity index (χ1v) is 10.7. The molecule has 0 spiro atoms. The lowest BCUT2D eigenvalue weighted by Gasteiger charge is -2.16. The topological polar surface area (TPSA) is 95.2 Å². The number of hydrogen-bond donors (Lipinski definition) is 2. The van der Waals surface area contributed by atoms with Gasteiger partial charge in [-0.05, 0) is 17.5 Å². The van der Waals surface area contributed by atoms with Crippen LogP contribution in [0.15, 0.2) is 40.5 Å². The van der Waals surface area contributed by atoms with E-state index < -0.39 is 5.91 Å². The number of H-pyrrole nitrogens is 1.